The van der Waals surface area contributed by atoms with Gasteiger partial charge in [-0.3, -0.25) is 4.79 Å². The molecule has 2 heterocycles. The van der Waals surface area contributed by atoms with Crippen LogP contribution in [-0.4, -0.2) is 29.4 Å². The van der Waals surface area contributed by atoms with E-state index in [2.05, 4.69) is 41.9 Å². The molecule has 0 saturated heterocycles. The summed E-state index contributed by atoms with van der Waals surface area (Å²) in [4.78, 5) is 12.2. The fourth-order valence-electron chi connectivity index (χ4n) is 3.11. The van der Waals surface area contributed by atoms with E-state index in [1.807, 2.05) is 25.1 Å². The Kier molecular flexibility index (Phi) is 4.79. The zero-order valence-corrected chi connectivity index (χ0v) is 14.9. The van der Waals surface area contributed by atoms with E-state index in [4.69, 9.17) is 9.47 Å². The molecule has 0 radical (unpaired) electrons. The Morgan fingerprint density at radius 1 is 1.32 bits per heavy atom. The normalized spacial score (nSPS) is 16.4. The van der Waals surface area contributed by atoms with Crippen molar-refractivity contribution in [3.8, 4) is 11.5 Å². The van der Waals surface area contributed by atoms with Crippen molar-refractivity contribution in [2.24, 2.45) is 5.10 Å². The third-order valence-corrected chi connectivity index (χ3v) is 4.22. The molecule has 132 valence electrons. The summed E-state index contributed by atoms with van der Waals surface area (Å²) in [6.45, 7) is 8.56. The lowest BCUT2D eigenvalue weighted by Crippen LogP contribution is -2.42. The number of ether oxygens (including phenoxy) is 2. The first-order valence-electron chi connectivity index (χ1n) is 8.37. The highest BCUT2D eigenvalue weighted by molar-refractivity contribution is 5.85. The number of para-hydroxylation sites is 2. The number of benzene rings is 1. The minimum atomic E-state index is -0.713. The Hall–Kier alpha value is -2.76. The molecule has 0 bridgehead atoms. The van der Waals surface area contributed by atoms with Crippen molar-refractivity contribution in [2.45, 2.75) is 39.8 Å². The number of hydrogen-bond acceptors (Lipinski definition) is 4. The van der Waals surface area contributed by atoms with Gasteiger partial charge in [-0.1, -0.05) is 12.1 Å². The van der Waals surface area contributed by atoms with Gasteiger partial charge in [0, 0.05) is 23.0 Å². The zero-order chi connectivity index (χ0) is 18.0. The van der Waals surface area contributed by atoms with Crippen LogP contribution in [0.2, 0.25) is 0 Å². The summed E-state index contributed by atoms with van der Waals surface area (Å²) in [5.74, 6) is 0.887. The molecule has 0 aliphatic carbocycles. The summed E-state index contributed by atoms with van der Waals surface area (Å²) in [6, 6.07) is 9.72. The van der Waals surface area contributed by atoms with Gasteiger partial charge in [-0.25, -0.2) is 5.43 Å². The molecular formula is C19H23N3O3. The molecule has 0 unspecified atom stereocenters. The average Bonchev–Trinajstić information content (AvgIpc) is 2.88. The third kappa shape index (κ3) is 3.52. The second-order valence-corrected chi connectivity index (χ2v) is 6.39. The highest BCUT2D eigenvalue weighted by Gasteiger charge is 2.27. The van der Waals surface area contributed by atoms with Gasteiger partial charge >= 0.3 is 0 Å². The van der Waals surface area contributed by atoms with Crippen molar-refractivity contribution in [2.75, 3.05) is 6.61 Å². The van der Waals surface area contributed by atoms with E-state index in [9.17, 15) is 4.79 Å². The van der Waals surface area contributed by atoms with Crippen molar-refractivity contribution in [1.29, 1.82) is 0 Å². The predicted octanol–water partition coefficient (Wildman–Crippen LogP) is 2.98. The van der Waals surface area contributed by atoms with Gasteiger partial charge in [0.15, 0.2) is 11.5 Å². The lowest BCUT2D eigenvalue weighted by Gasteiger charge is -2.24. The largest absolute Gasteiger partial charge is 0.485 e. The number of aryl methyl sites for hydroxylation is 1. The Balaban J connectivity index is 1.63. The van der Waals surface area contributed by atoms with E-state index in [0.29, 0.717) is 17.5 Å². The number of carbonyl (C=O) groups is 1. The molecule has 6 nitrogen and oxygen atoms in total. The van der Waals surface area contributed by atoms with Crippen LogP contribution in [0.3, 0.4) is 0 Å². The fourth-order valence-corrected chi connectivity index (χ4v) is 3.11. The fraction of sp³-hybridized carbons (Fsp3) is 0.368. The van der Waals surface area contributed by atoms with E-state index >= 15 is 0 Å². The molecule has 0 saturated carbocycles. The molecular weight excluding hydrogens is 318 g/mol. The summed E-state index contributed by atoms with van der Waals surface area (Å²) in [5, 5.41) is 4.07. The van der Waals surface area contributed by atoms with Crippen LogP contribution in [0.25, 0.3) is 0 Å². The maximum atomic E-state index is 12.2. The van der Waals surface area contributed by atoms with Crippen LogP contribution < -0.4 is 14.9 Å². The van der Waals surface area contributed by atoms with Crippen LogP contribution in [-0.2, 0) is 4.79 Å². The Bertz CT molecular complexity index is 808. The van der Waals surface area contributed by atoms with E-state index in [-0.39, 0.29) is 12.5 Å². The van der Waals surface area contributed by atoms with Crippen LogP contribution in [0.15, 0.2) is 35.4 Å². The minimum absolute atomic E-state index is 0.167. The zero-order valence-electron chi connectivity index (χ0n) is 14.9. The Morgan fingerprint density at radius 2 is 2.04 bits per heavy atom. The van der Waals surface area contributed by atoms with Crippen LogP contribution in [0, 0.1) is 13.8 Å². The lowest BCUT2D eigenvalue weighted by molar-refractivity contribution is -0.130. The van der Waals surface area contributed by atoms with Gasteiger partial charge < -0.3 is 14.0 Å². The maximum absolute atomic E-state index is 12.2. The summed E-state index contributed by atoms with van der Waals surface area (Å²) in [7, 11) is 0. The number of fused-ring (bicyclic) bond motifs is 1. The van der Waals surface area contributed by atoms with Crippen molar-refractivity contribution < 1.29 is 14.3 Å². The molecule has 1 amide bonds. The maximum Gasteiger partial charge on any atom is 0.284 e. The molecule has 1 aromatic carbocycles. The Labute approximate surface area is 147 Å². The van der Waals surface area contributed by atoms with Crippen molar-refractivity contribution >= 4 is 12.1 Å². The van der Waals surface area contributed by atoms with Gasteiger partial charge in [0.05, 0.1) is 6.21 Å². The molecule has 2 aromatic rings. The molecule has 0 fully saturated rings. The average molecular weight is 341 g/mol. The van der Waals surface area contributed by atoms with Crippen LogP contribution in [0.5, 0.6) is 11.5 Å². The number of hydrazone groups is 1. The second kappa shape index (κ2) is 7.01. The van der Waals surface area contributed by atoms with Gasteiger partial charge in [-0.2, -0.15) is 5.10 Å². The molecule has 1 atom stereocenters. The first-order valence-corrected chi connectivity index (χ1v) is 8.37. The number of hydrogen-bond donors (Lipinski definition) is 1. The second-order valence-electron chi connectivity index (χ2n) is 6.39. The summed E-state index contributed by atoms with van der Waals surface area (Å²) < 4.78 is 13.4. The number of rotatable bonds is 4. The number of nitrogens with zero attached hydrogens (tertiary/aromatic N) is 2. The van der Waals surface area contributed by atoms with Gasteiger partial charge in [-0.05, 0) is 45.9 Å². The van der Waals surface area contributed by atoms with E-state index in [1.54, 1.807) is 12.3 Å². The van der Waals surface area contributed by atoms with Crippen LogP contribution in [0.4, 0.5) is 0 Å². The molecule has 6 heteroatoms. The van der Waals surface area contributed by atoms with Gasteiger partial charge in [0.25, 0.3) is 5.91 Å². The quantitative estimate of drug-likeness (QED) is 0.687. The highest BCUT2D eigenvalue weighted by Crippen LogP contribution is 2.30. The number of nitrogens with one attached hydrogen (secondary N) is 1. The molecule has 1 N–H and O–H groups in total. The smallest absolute Gasteiger partial charge is 0.284 e. The summed E-state index contributed by atoms with van der Waals surface area (Å²) >= 11 is 0. The molecule has 3 rings (SSSR count). The summed E-state index contributed by atoms with van der Waals surface area (Å²) in [6.07, 6.45) is 0.951. The number of carbonyl (C=O) groups excluding carboxylic acids is 1. The van der Waals surface area contributed by atoms with E-state index < -0.39 is 6.10 Å². The number of amides is 1. The van der Waals surface area contributed by atoms with Gasteiger partial charge in [0.2, 0.25) is 6.10 Å². The van der Waals surface area contributed by atoms with Crippen molar-refractivity contribution in [3.63, 3.8) is 0 Å². The highest BCUT2D eigenvalue weighted by atomic mass is 16.6. The SMILES string of the molecule is Cc1cc(/C=N\NC(=O)[C@H]2COc3ccccc3O2)c(C)n1C(C)C. The standard InChI is InChI=1S/C19H23N3O3/c1-12(2)22-13(3)9-15(14(22)4)10-20-21-19(23)18-11-24-16-7-5-6-8-17(16)25-18/h5-10,12,18H,11H2,1-4H3,(H,21,23)/b20-10-/t18-/m1/s1. The third-order valence-electron chi connectivity index (χ3n) is 4.22. The lowest BCUT2D eigenvalue weighted by atomic mass is 10.2. The molecule has 1 aliphatic heterocycles. The molecule has 1 aromatic heterocycles. The van der Waals surface area contributed by atoms with Gasteiger partial charge in [-0.15, -0.1) is 0 Å². The van der Waals surface area contributed by atoms with Crippen LogP contribution in [0.1, 0.15) is 36.8 Å². The monoisotopic (exact) mass is 341 g/mol. The Morgan fingerprint density at radius 3 is 2.72 bits per heavy atom. The topological polar surface area (TPSA) is 64.8 Å². The van der Waals surface area contributed by atoms with E-state index in [0.717, 1.165) is 11.3 Å². The van der Waals surface area contributed by atoms with Crippen molar-refractivity contribution in [1.82, 2.24) is 9.99 Å². The first-order chi connectivity index (χ1) is 12.0. The van der Waals surface area contributed by atoms with Crippen LogP contribution >= 0.6 is 0 Å². The van der Waals surface area contributed by atoms with Crippen molar-refractivity contribution in [3.05, 3.63) is 47.3 Å². The number of aromatic nitrogens is 1. The molecule has 0 spiro atoms. The molecule has 1 aliphatic rings. The minimum Gasteiger partial charge on any atom is -0.485 e. The summed E-state index contributed by atoms with van der Waals surface area (Å²) in [5.41, 5.74) is 5.81. The predicted molar refractivity (Wildman–Crippen MR) is 96.4 cm³/mol. The molecule has 25 heavy (non-hydrogen) atoms. The van der Waals surface area contributed by atoms with Gasteiger partial charge in [0.1, 0.15) is 6.61 Å². The van der Waals surface area contributed by atoms with E-state index in [1.165, 1.54) is 5.69 Å². The first kappa shape index (κ1) is 17.1.